The highest BCUT2D eigenvalue weighted by Gasteiger charge is 2.14. The number of para-hydroxylation sites is 2. The molecule has 0 spiro atoms. The number of fused-ring (bicyclic) bond motifs is 1. The molecule has 6 heteroatoms. The van der Waals surface area contributed by atoms with Crippen molar-refractivity contribution >= 4 is 28.7 Å². The number of hydrogen-bond donors (Lipinski definition) is 1. The molecule has 122 valence electrons. The van der Waals surface area contributed by atoms with E-state index in [1.165, 1.54) is 19.2 Å². The first-order valence-corrected chi connectivity index (χ1v) is 7.18. The molecule has 0 fully saturated rings. The molecule has 0 radical (unpaired) electrons. The van der Waals surface area contributed by atoms with Crippen LogP contribution in [0.3, 0.4) is 0 Å². The number of oxazole rings is 1. The van der Waals surface area contributed by atoms with Crippen molar-refractivity contribution in [3.8, 4) is 5.75 Å². The van der Waals surface area contributed by atoms with Crippen LogP contribution in [0.25, 0.3) is 22.7 Å². The Balaban J connectivity index is 2.05. The number of carboxylic acids is 1. The molecule has 1 aromatic heterocycles. The molecule has 0 bridgehead atoms. The fourth-order valence-electron chi connectivity index (χ4n) is 2.33. The van der Waals surface area contributed by atoms with Crippen LogP contribution in [-0.4, -0.2) is 23.2 Å². The molecule has 0 aliphatic rings. The summed E-state index contributed by atoms with van der Waals surface area (Å²) in [6.07, 6.45) is 1.25. The fraction of sp³-hybridized carbons (Fsp3) is 0.111. The van der Waals surface area contributed by atoms with Crippen LogP contribution in [-0.2, 0) is 4.79 Å². The lowest BCUT2D eigenvalue weighted by Gasteiger charge is -2.04. The highest BCUT2D eigenvalue weighted by atomic mass is 19.1. The van der Waals surface area contributed by atoms with Crippen molar-refractivity contribution in [2.45, 2.75) is 6.42 Å². The van der Waals surface area contributed by atoms with Crippen molar-refractivity contribution in [3.63, 3.8) is 0 Å². The van der Waals surface area contributed by atoms with Crippen LogP contribution in [0.15, 0.2) is 46.9 Å². The number of benzene rings is 2. The van der Waals surface area contributed by atoms with Crippen molar-refractivity contribution in [2.75, 3.05) is 7.11 Å². The standard InChI is InChI=1S/C18H14FNO4/c1-23-15-7-6-11(9-13(15)19)8-12(10-17(21)22)18-20-14-4-2-3-5-16(14)24-18/h2-9H,10H2,1H3,(H,21,22)/b12-8+. The lowest BCUT2D eigenvalue weighted by Crippen LogP contribution is -1.97. The van der Waals surface area contributed by atoms with Gasteiger partial charge in [-0.2, -0.15) is 0 Å². The Bertz CT molecular complexity index is 897. The Morgan fingerprint density at radius 1 is 1.33 bits per heavy atom. The zero-order valence-corrected chi connectivity index (χ0v) is 12.8. The molecule has 3 rings (SSSR count). The van der Waals surface area contributed by atoms with Crippen molar-refractivity contribution in [3.05, 3.63) is 59.7 Å². The molecule has 0 amide bonds. The molecule has 0 saturated heterocycles. The van der Waals surface area contributed by atoms with Gasteiger partial charge >= 0.3 is 5.97 Å². The van der Waals surface area contributed by atoms with Crippen LogP contribution in [0.1, 0.15) is 17.9 Å². The second kappa shape index (κ2) is 6.54. The van der Waals surface area contributed by atoms with Crippen LogP contribution in [0.4, 0.5) is 4.39 Å². The van der Waals surface area contributed by atoms with Crippen LogP contribution in [0, 0.1) is 5.82 Å². The van der Waals surface area contributed by atoms with Crippen LogP contribution < -0.4 is 4.74 Å². The van der Waals surface area contributed by atoms with E-state index in [2.05, 4.69) is 4.98 Å². The highest BCUT2D eigenvalue weighted by Crippen LogP contribution is 2.26. The summed E-state index contributed by atoms with van der Waals surface area (Å²) in [6, 6.07) is 11.5. The average molecular weight is 327 g/mol. The Morgan fingerprint density at radius 3 is 2.79 bits per heavy atom. The highest BCUT2D eigenvalue weighted by molar-refractivity contribution is 5.91. The topological polar surface area (TPSA) is 72.6 Å². The smallest absolute Gasteiger partial charge is 0.308 e. The molecule has 1 N–H and O–H groups in total. The van der Waals surface area contributed by atoms with Gasteiger partial charge in [-0.1, -0.05) is 18.2 Å². The number of halogens is 1. The summed E-state index contributed by atoms with van der Waals surface area (Å²) in [5.41, 5.74) is 2.03. The van der Waals surface area contributed by atoms with Crippen molar-refractivity contribution in [2.24, 2.45) is 0 Å². The molecule has 3 aromatic rings. The van der Waals surface area contributed by atoms with E-state index in [1.54, 1.807) is 30.3 Å². The minimum Gasteiger partial charge on any atom is -0.494 e. The monoisotopic (exact) mass is 327 g/mol. The molecule has 2 aromatic carbocycles. The van der Waals surface area contributed by atoms with Gasteiger partial charge in [-0.25, -0.2) is 9.37 Å². The van der Waals surface area contributed by atoms with Gasteiger partial charge in [-0.3, -0.25) is 4.79 Å². The Kier molecular flexibility index (Phi) is 4.29. The molecule has 0 atom stereocenters. The first kappa shape index (κ1) is 15.7. The van der Waals surface area contributed by atoms with Crippen molar-refractivity contribution < 1.29 is 23.4 Å². The SMILES string of the molecule is COc1ccc(/C=C(\CC(=O)O)c2nc3ccccc3o2)cc1F. The van der Waals surface area contributed by atoms with E-state index >= 15 is 0 Å². The zero-order chi connectivity index (χ0) is 17.1. The Labute approximate surface area is 137 Å². The van der Waals surface area contributed by atoms with Crippen LogP contribution in [0.5, 0.6) is 5.75 Å². The van der Waals surface area contributed by atoms with Gasteiger partial charge in [0, 0.05) is 5.57 Å². The molecule has 0 saturated carbocycles. The van der Waals surface area contributed by atoms with Crippen LogP contribution in [0.2, 0.25) is 0 Å². The number of methoxy groups -OCH3 is 1. The number of aromatic nitrogens is 1. The fourth-order valence-corrected chi connectivity index (χ4v) is 2.33. The molecular weight excluding hydrogens is 313 g/mol. The molecule has 24 heavy (non-hydrogen) atoms. The summed E-state index contributed by atoms with van der Waals surface area (Å²) in [5, 5.41) is 9.13. The third kappa shape index (κ3) is 3.27. The summed E-state index contributed by atoms with van der Waals surface area (Å²) in [7, 11) is 1.38. The van der Waals surface area contributed by atoms with Gasteiger partial charge in [0.1, 0.15) is 5.52 Å². The van der Waals surface area contributed by atoms with Gasteiger partial charge < -0.3 is 14.3 Å². The minimum atomic E-state index is -1.03. The predicted molar refractivity (Wildman–Crippen MR) is 87.1 cm³/mol. The van der Waals surface area contributed by atoms with E-state index < -0.39 is 11.8 Å². The number of carboxylic acid groups (broad SMARTS) is 1. The maximum Gasteiger partial charge on any atom is 0.308 e. The van der Waals surface area contributed by atoms with E-state index in [1.807, 2.05) is 6.07 Å². The van der Waals surface area contributed by atoms with Gasteiger partial charge in [0.25, 0.3) is 0 Å². The summed E-state index contributed by atoms with van der Waals surface area (Å²) in [4.78, 5) is 15.5. The van der Waals surface area contributed by atoms with Crippen LogP contribution >= 0.6 is 0 Å². The Morgan fingerprint density at radius 2 is 2.12 bits per heavy atom. The quantitative estimate of drug-likeness (QED) is 0.767. The van der Waals surface area contributed by atoms with Gasteiger partial charge in [0.15, 0.2) is 17.1 Å². The summed E-state index contributed by atoms with van der Waals surface area (Å²) in [5.74, 6) is -1.24. The molecule has 0 aliphatic heterocycles. The maximum atomic E-state index is 13.8. The van der Waals surface area contributed by atoms with Gasteiger partial charge in [-0.05, 0) is 35.9 Å². The molecule has 1 heterocycles. The summed E-state index contributed by atoms with van der Waals surface area (Å²) >= 11 is 0. The maximum absolute atomic E-state index is 13.8. The first-order valence-electron chi connectivity index (χ1n) is 7.18. The normalized spacial score (nSPS) is 11.7. The number of ether oxygens (including phenoxy) is 1. The minimum absolute atomic E-state index is 0.119. The first-order chi connectivity index (χ1) is 11.6. The zero-order valence-electron chi connectivity index (χ0n) is 12.8. The average Bonchev–Trinajstić information content (AvgIpc) is 2.98. The van der Waals surface area contributed by atoms with Gasteiger partial charge in [0.05, 0.1) is 13.5 Å². The van der Waals surface area contributed by atoms with Gasteiger partial charge in [0.2, 0.25) is 5.89 Å². The molecule has 0 aliphatic carbocycles. The predicted octanol–water partition coefficient (Wildman–Crippen LogP) is 3.99. The second-order valence-corrected chi connectivity index (χ2v) is 5.12. The van der Waals surface area contributed by atoms with E-state index in [-0.39, 0.29) is 18.1 Å². The molecular formula is C18H14FNO4. The lowest BCUT2D eigenvalue weighted by molar-refractivity contribution is -0.135. The van der Waals surface area contributed by atoms with Crippen molar-refractivity contribution in [1.82, 2.24) is 4.98 Å². The summed E-state index contributed by atoms with van der Waals surface area (Å²) < 4.78 is 24.3. The number of aliphatic carboxylic acids is 1. The molecule has 0 unspecified atom stereocenters. The third-order valence-corrected chi connectivity index (χ3v) is 3.43. The van der Waals surface area contributed by atoms with E-state index in [9.17, 15) is 9.18 Å². The second-order valence-electron chi connectivity index (χ2n) is 5.12. The Hall–Kier alpha value is -3.15. The van der Waals surface area contributed by atoms with E-state index in [0.717, 1.165) is 0 Å². The van der Waals surface area contributed by atoms with Crippen molar-refractivity contribution in [1.29, 1.82) is 0 Å². The number of hydrogen-bond acceptors (Lipinski definition) is 4. The molecule has 5 nitrogen and oxygen atoms in total. The van der Waals surface area contributed by atoms with E-state index in [0.29, 0.717) is 22.2 Å². The largest absolute Gasteiger partial charge is 0.494 e. The number of rotatable bonds is 5. The van der Waals surface area contributed by atoms with Gasteiger partial charge in [-0.15, -0.1) is 0 Å². The number of carbonyl (C=O) groups is 1. The third-order valence-electron chi connectivity index (χ3n) is 3.43. The number of nitrogens with zero attached hydrogens (tertiary/aromatic N) is 1. The van der Waals surface area contributed by atoms with E-state index in [4.69, 9.17) is 14.3 Å². The lowest BCUT2D eigenvalue weighted by atomic mass is 10.1. The summed E-state index contributed by atoms with van der Waals surface area (Å²) in [6.45, 7) is 0.